The largest absolute Gasteiger partial charge is 0.281 e. The summed E-state index contributed by atoms with van der Waals surface area (Å²) in [6.45, 7) is 0. The molecular weight excluding hydrogens is 316 g/mol. The lowest BCUT2D eigenvalue weighted by molar-refractivity contribution is 0.0959. The van der Waals surface area contributed by atoms with Crippen molar-refractivity contribution in [3.05, 3.63) is 100 Å². The van der Waals surface area contributed by atoms with Crippen LogP contribution in [0.15, 0.2) is 89.4 Å². The van der Waals surface area contributed by atoms with Crippen molar-refractivity contribution in [3.63, 3.8) is 0 Å². The van der Waals surface area contributed by atoms with Gasteiger partial charge in [-0.1, -0.05) is 72.8 Å². The lowest BCUT2D eigenvalue weighted by Crippen LogP contribution is -2.18. The molecule has 0 aliphatic carbocycles. The molecule has 0 atom stereocenters. The molecule has 1 heterocycles. The Balaban J connectivity index is 1.83. The number of allylic oxidation sites excluding steroid dienone is 1. The lowest BCUT2D eigenvalue weighted by atomic mass is 10.1. The molecule has 24 heavy (non-hydrogen) atoms. The molecule has 0 fully saturated rings. The first kappa shape index (κ1) is 15.9. The second-order valence-corrected chi connectivity index (χ2v) is 5.97. The van der Waals surface area contributed by atoms with Crippen LogP contribution in [0.2, 0.25) is 0 Å². The maximum absolute atomic E-state index is 12.1. The Bertz CT molecular complexity index is 838. The smallest absolute Gasteiger partial charge is 0.266 e. The number of hydrogen-bond acceptors (Lipinski definition) is 3. The molecule has 118 valence electrons. The standard InChI is InChI=1S/C20H16N2OS/c23-20(19-12-7-15-24-19)22-21-18(17-10-5-2-6-11-17)14-13-16-8-3-1-4-9-16/h1-15H,(H,22,23)/b14-13+,21-18+. The van der Waals surface area contributed by atoms with Gasteiger partial charge in [0.25, 0.3) is 5.91 Å². The van der Waals surface area contributed by atoms with Crippen molar-refractivity contribution >= 4 is 29.0 Å². The molecule has 0 unspecified atom stereocenters. The van der Waals surface area contributed by atoms with E-state index < -0.39 is 0 Å². The highest BCUT2D eigenvalue weighted by Crippen LogP contribution is 2.09. The number of benzene rings is 2. The first-order valence-electron chi connectivity index (χ1n) is 7.53. The van der Waals surface area contributed by atoms with E-state index in [0.29, 0.717) is 10.6 Å². The van der Waals surface area contributed by atoms with E-state index in [1.165, 1.54) is 11.3 Å². The molecule has 1 aromatic heterocycles. The minimum atomic E-state index is -0.202. The predicted octanol–water partition coefficient (Wildman–Crippen LogP) is 4.60. The predicted molar refractivity (Wildman–Crippen MR) is 100 cm³/mol. The maximum Gasteiger partial charge on any atom is 0.281 e. The summed E-state index contributed by atoms with van der Waals surface area (Å²) in [4.78, 5) is 12.7. The Morgan fingerprint density at radius 1 is 0.917 bits per heavy atom. The van der Waals surface area contributed by atoms with Crippen LogP contribution in [0, 0.1) is 0 Å². The summed E-state index contributed by atoms with van der Waals surface area (Å²) in [5.74, 6) is -0.202. The molecule has 0 aliphatic heterocycles. The van der Waals surface area contributed by atoms with Gasteiger partial charge < -0.3 is 0 Å². The molecule has 0 radical (unpaired) electrons. The molecule has 1 amide bonds. The number of thiophene rings is 1. The van der Waals surface area contributed by atoms with Crippen molar-refractivity contribution < 1.29 is 4.79 Å². The first-order valence-corrected chi connectivity index (χ1v) is 8.41. The molecule has 3 rings (SSSR count). The quantitative estimate of drug-likeness (QED) is 0.538. The topological polar surface area (TPSA) is 41.5 Å². The van der Waals surface area contributed by atoms with E-state index in [1.807, 2.05) is 84.3 Å². The van der Waals surface area contributed by atoms with Crippen LogP contribution in [0.25, 0.3) is 6.08 Å². The lowest BCUT2D eigenvalue weighted by Gasteiger charge is -2.03. The first-order chi connectivity index (χ1) is 11.8. The van der Waals surface area contributed by atoms with Crippen LogP contribution in [0.5, 0.6) is 0 Å². The summed E-state index contributed by atoms with van der Waals surface area (Å²) in [5.41, 5.74) is 5.34. The van der Waals surface area contributed by atoms with Crippen LogP contribution in [-0.2, 0) is 0 Å². The Hall–Kier alpha value is -2.98. The second-order valence-electron chi connectivity index (χ2n) is 5.03. The third-order valence-corrected chi connectivity index (χ3v) is 4.19. The number of carbonyl (C=O) groups excluding carboxylic acids is 1. The minimum Gasteiger partial charge on any atom is -0.266 e. The van der Waals surface area contributed by atoms with Gasteiger partial charge >= 0.3 is 0 Å². The van der Waals surface area contributed by atoms with Gasteiger partial charge in [0.15, 0.2) is 0 Å². The molecule has 0 saturated heterocycles. The highest BCUT2D eigenvalue weighted by atomic mass is 32.1. The number of hydrazone groups is 1. The van der Waals surface area contributed by atoms with Crippen molar-refractivity contribution in [3.8, 4) is 0 Å². The summed E-state index contributed by atoms with van der Waals surface area (Å²) in [6, 6.07) is 23.4. The normalized spacial score (nSPS) is 11.6. The van der Waals surface area contributed by atoms with E-state index in [1.54, 1.807) is 6.07 Å². The van der Waals surface area contributed by atoms with E-state index in [9.17, 15) is 4.79 Å². The van der Waals surface area contributed by atoms with Gasteiger partial charge in [0, 0.05) is 5.56 Å². The van der Waals surface area contributed by atoms with E-state index in [2.05, 4.69) is 10.5 Å². The number of nitrogens with one attached hydrogen (secondary N) is 1. The summed E-state index contributed by atoms with van der Waals surface area (Å²) >= 11 is 1.39. The van der Waals surface area contributed by atoms with E-state index in [0.717, 1.165) is 11.1 Å². The van der Waals surface area contributed by atoms with Gasteiger partial charge in [-0.15, -0.1) is 11.3 Å². The molecule has 1 N–H and O–H groups in total. The third kappa shape index (κ3) is 4.27. The van der Waals surface area contributed by atoms with Crippen molar-refractivity contribution in [2.75, 3.05) is 0 Å². The number of carbonyl (C=O) groups is 1. The third-order valence-electron chi connectivity index (χ3n) is 3.33. The average Bonchev–Trinajstić information content (AvgIpc) is 3.18. The molecule has 2 aromatic carbocycles. The van der Waals surface area contributed by atoms with Crippen LogP contribution in [0.1, 0.15) is 20.8 Å². The van der Waals surface area contributed by atoms with Crippen molar-refractivity contribution in [1.29, 1.82) is 0 Å². The highest BCUT2D eigenvalue weighted by Gasteiger charge is 2.06. The van der Waals surface area contributed by atoms with Crippen LogP contribution >= 0.6 is 11.3 Å². The zero-order chi connectivity index (χ0) is 16.6. The van der Waals surface area contributed by atoms with Gasteiger partial charge in [-0.25, -0.2) is 5.43 Å². The monoisotopic (exact) mass is 332 g/mol. The summed E-state index contributed by atoms with van der Waals surface area (Å²) < 4.78 is 0. The van der Waals surface area contributed by atoms with Crippen molar-refractivity contribution in [2.24, 2.45) is 5.10 Å². The van der Waals surface area contributed by atoms with E-state index >= 15 is 0 Å². The molecule has 0 bridgehead atoms. The Labute approximate surface area is 145 Å². The molecule has 0 aliphatic rings. The molecule has 3 nitrogen and oxygen atoms in total. The summed E-state index contributed by atoms with van der Waals surface area (Å²) in [7, 11) is 0. The van der Waals surface area contributed by atoms with Gasteiger partial charge in [0.05, 0.1) is 10.6 Å². The summed E-state index contributed by atoms with van der Waals surface area (Å²) in [5, 5.41) is 6.17. The fraction of sp³-hybridized carbons (Fsp3) is 0. The fourth-order valence-electron chi connectivity index (χ4n) is 2.12. The molecule has 0 saturated carbocycles. The number of amides is 1. The molecule has 3 aromatic rings. The van der Waals surface area contributed by atoms with Crippen LogP contribution in [-0.4, -0.2) is 11.6 Å². The molecular formula is C20H16N2OS. The van der Waals surface area contributed by atoms with Gasteiger partial charge in [0.2, 0.25) is 0 Å². The number of rotatable bonds is 5. The van der Waals surface area contributed by atoms with Crippen molar-refractivity contribution in [2.45, 2.75) is 0 Å². The zero-order valence-corrected chi connectivity index (χ0v) is 13.7. The minimum absolute atomic E-state index is 0.202. The van der Waals surface area contributed by atoms with Gasteiger partial charge in [-0.05, 0) is 23.1 Å². The molecule has 4 heteroatoms. The maximum atomic E-state index is 12.1. The SMILES string of the molecule is O=C(N/N=C(\C=C\c1ccccc1)c1ccccc1)c1cccs1. The molecule has 0 spiro atoms. The Kier molecular flexibility index (Phi) is 5.32. The summed E-state index contributed by atoms with van der Waals surface area (Å²) in [6.07, 6.45) is 3.88. The van der Waals surface area contributed by atoms with E-state index in [-0.39, 0.29) is 5.91 Å². The fourth-order valence-corrected chi connectivity index (χ4v) is 2.73. The Morgan fingerprint density at radius 3 is 2.29 bits per heavy atom. The van der Waals surface area contributed by atoms with Gasteiger partial charge in [-0.2, -0.15) is 5.10 Å². The van der Waals surface area contributed by atoms with Crippen molar-refractivity contribution in [1.82, 2.24) is 5.43 Å². The van der Waals surface area contributed by atoms with Crippen LogP contribution in [0.4, 0.5) is 0 Å². The van der Waals surface area contributed by atoms with E-state index in [4.69, 9.17) is 0 Å². The van der Waals surface area contributed by atoms with Gasteiger partial charge in [0.1, 0.15) is 0 Å². The zero-order valence-electron chi connectivity index (χ0n) is 12.9. The van der Waals surface area contributed by atoms with Gasteiger partial charge in [-0.3, -0.25) is 4.79 Å². The Morgan fingerprint density at radius 2 is 1.62 bits per heavy atom. The number of hydrogen-bond donors (Lipinski definition) is 1. The van der Waals surface area contributed by atoms with Crippen LogP contribution in [0.3, 0.4) is 0 Å². The highest BCUT2D eigenvalue weighted by molar-refractivity contribution is 7.12. The van der Waals surface area contributed by atoms with Crippen LogP contribution < -0.4 is 5.43 Å². The average molecular weight is 332 g/mol. The second kappa shape index (κ2) is 8.04. The number of nitrogens with zero attached hydrogens (tertiary/aromatic N) is 1.